The van der Waals surface area contributed by atoms with Gasteiger partial charge in [-0.1, -0.05) is 0 Å². The van der Waals surface area contributed by atoms with Gasteiger partial charge in [0.05, 0.1) is 5.41 Å². The van der Waals surface area contributed by atoms with Gasteiger partial charge in [-0.15, -0.1) is 0 Å². The number of aromatic nitrogens is 1. The van der Waals surface area contributed by atoms with Crippen LogP contribution < -0.4 is 11.5 Å². The summed E-state index contributed by atoms with van der Waals surface area (Å²) in [6, 6.07) is 3.99. The molecular weight excluding hydrogens is 226 g/mol. The Morgan fingerprint density at radius 1 is 1.39 bits per heavy atom. The van der Waals surface area contributed by atoms with Crippen LogP contribution in [0.25, 0.3) is 0 Å². The summed E-state index contributed by atoms with van der Waals surface area (Å²) in [5.41, 5.74) is 12.1. The lowest BCUT2D eigenvalue weighted by atomic mass is 9.65. The summed E-state index contributed by atoms with van der Waals surface area (Å²) in [7, 11) is 0. The van der Waals surface area contributed by atoms with Crippen molar-refractivity contribution in [2.24, 2.45) is 17.4 Å². The highest BCUT2D eigenvalue weighted by molar-refractivity contribution is 5.86. The molecule has 2 rings (SSSR count). The second kappa shape index (κ2) is 5.06. The molecule has 1 amide bonds. The maximum Gasteiger partial charge on any atom is 0.228 e. The largest absolute Gasteiger partial charge is 0.369 e. The lowest BCUT2D eigenvalue weighted by Crippen LogP contribution is -2.46. The average Bonchev–Trinajstić information content (AvgIpc) is 2.39. The normalized spacial score (nSPS) is 29.8. The van der Waals surface area contributed by atoms with Crippen LogP contribution in [0.1, 0.15) is 38.2 Å². The molecule has 4 N–H and O–H groups in total. The Kier molecular flexibility index (Phi) is 3.66. The molecule has 1 heterocycles. The Morgan fingerprint density at radius 3 is 2.39 bits per heavy atom. The second-order valence-electron chi connectivity index (χ2n) is 5.38. The molecule has 98 valence electrons. The lowest BCUT2D eigenvalue weighted by Gasteiger charge is -2.39. The summed E-state index contributed by atoms with van der Waals surface area (Å²) in [5, 5.41) is 0. The minimum absolute atomic E-state index is 0.188. The maximum atomic E-state index is 11.9. The fraction of sp³-hybridized carbons (Fsp3) is 0.571. The van der Waals surface area contributed by atoms with Crippen molar-refractivity contribution >= 4 is 5.91 Å². The average molecular weight is 247 g/mol. The molecule has 1 aromatic rings. The van der Waals surface area contributed by atoms with Crippen LogP contribution in [0.5, 0.6) is 0 Å². The molecule has 1 fully saturated rings. The van der Waals surface area contributed by atoms with Crippen LogP contribution in [0.15, 0.2) is 24.5 Å². The Morgan fingerprint density at radius 2 is 1.94 bits per heavy atom. The number of nitrogens with zero attached hydrogens (tertiary/aromatic N) is 1. The number of carbonyl (C=O) groups excluding carboxylic acids is 1. The van der Waals surface area contributed by atoms with Gasteiger partial charge in [-0.3, -0.25) is 9.78 Å². The highest BCUT2D eigenvalue weighted by Crippen LogP contribution is 2.41. The van der Waals surface area contributed by atoms with Crippen molar-refractivity contribution in [1.82, 2.24) is 4.98 Å². The van der Waals surface area contributed by atoms with E-state index in [1.54, 1.807) is 12.4 Å². The van der Waals surface area contributed by atoms with Crippen molar-refractivity contribution in [1.29, 1.82) is 0 Å². The number of pyridine rings is 1. The van der Waals surface area contributed by atoms with Gasteiger partial charge in [-0.2, -0.15) is 0 Å². The van der Waals surface area contributed by atoms with Crippen LogP contribution in [0.2, 0.25) is 0 Å². The van der Waals surface area contributed by atoms with Crippen LogP contribution in [0.3, 0.4) is 0 Å². The monoisotopic (exact) mass is 247 g/mol. The fourth-order valence-corrected chi connectivity index (χ4v) is 3.01. The molecule has 1 saturated carbocycles. The van der Waals surface area contributed by atoms with Crippen molar-refractivity contribution in [2.75, 3.05) is 0 Å². The van der Waals surface area contributed by atoms with Gasteiger partial charge in [-0.05, 0) is 56.2 Å². The van der Waals surface area contributed by atoms with E-state index in [0.29, 0.717) is 5.92 Å². The summed E-state index contributed by atoms with van der Waals surface area (Å²) >= 11 is 0. The topological polar surface area (TPSA) is 82.0 Å². The molecule has 0 radical (unpaired) electrons. The van der Waals surface area contributed by atoms with Crippen molar-refractivity contribution in [3.8, 4) is 0 Å². The molecule has 0 spiro atoms. The van der Waals surface area contributed by atoms with Gasteiger partial charge in [0.15, 0.2) is 0 Å². The molecule has 1 unspecified atom stereocenters. The van der Waals surface area contributed by atoms with Crippen LogP contribution in [0.4, 0.5) is 0 Å². The van der Waals surface area contributed by atoms with Gasteiger partial charge in [-0.25, -0.2) is 0 Å². The Bertz CT molecular complexity index is 408. The molecule has 18 heavy (non-hydrogen) atoms. The van der Waals surface area contributed by atoms with Crippen molar-refractivity contribution in [2.45, 2.75) is 44.1 Å². The summed E-state index contributed by atoms with van der Waals surface area (Å²) in [6.07, 6.45) is 6.94. The fourth-order valence-electron chi connectivity index (χ4n) is 3.01. The summed E-state index contributed by atoms with van der Waals surface area (Å²) in [5.74, 6) is 0.274. The molecule has 0 saturated heterocycles. The van der Waals surface area contributed by atoms with Crippen molar-refractivity contribution in [3.63, 3.8) is 0 Å². The maximum absolute atomic E-state index is 11.9. The van der Waals surface area contributed by atoms with E-state index in [-0.39, 0.29) is 11.9 Å². The molecule has 4 heteroatoms. The van der Waals surface area contributed by atoms with Crippen molar-refractivity contribution in [3.05, 3.63) is 30.1 Å². The van der Waals surface area contributed by atoms with E-state index < -0.39 is 5.41 Å². The summed E-state index contributed by atoms with van der Waals surface area (Å²) in [6.45, 7) is 2.04. The molecule has 1 aromatic heterocycles. The third-order valence-corrected chi connectivity index (χ3v) is 4.33. The minimum Gasteiger partial charge on any atom is -0.369 e. The number of hydrogen-bond acceptors (Lipinski definition) is 3. The van der Waals surface area contributed by atoms with Gasteiger partial charge < -0.3 is 11.5 Å². The number of primary amides is 1. The van der Waals surface area contributed by atoms with Crippen LogP contribution in [0, 0.1) is 5.92 Å². The Balaban J connectivity index is 2.24. The predicted molar refractivity (Wildman–Crippen MR) is 70.7 cm³/mol. The van der Waals surface area contributed by atoms with Crippen LogP contribution >= 0.6 is 0 Å². The van der Waals surface area contributed by atoms with E-state index in [1.807, 2.05) is 19.1 Å². The van der Waals surface area contributed by atoms with Gasteiger partial charge in [0.25, 0.3) is 0 Å². The van der Waals surface area contributed by atoms with E-state index >= 15 is 0 Å². The zero-order valence-corrected chi connectivity index (χ0v) is 10.8. The SMILES string of the molecule is CC(N)C1CCC(C(N)=O)(c2ccncc2)CC1. The zero-order valence-electron chi connectivity index (χ0n) is 10.8. The van der Waals surface area contributed by atoms with E-state index in [1.165, 1.54) is 0 Å². The van der Waals surface area contributed by atoms with E-state index in [9.17, 15) is 4.79 Å². The number of amides is 1. The number of hydrogen-bond donors (Lipinski definition) is 2. The Hall–Kier alpha value is -1.42. The molecule has 0 bridgehead atoms. The highest BCUT2D eigenvalue weighted by atomic mass is 16.1. The van der Waals surface area contributed by atoms with Crippen molar-refractivity contribution < 1.29 is 4.79 Å². The van der Waals surface area contributed by atoms with Crippen LogP contribution in [-0.4, -0.2) is 16.9 Å². The van der Waals surface area contributed by atoms with E-state index in [2.05, 4.69) is 4.98 Å². The van der Waals surface area contributed by atoms with Gasteiger partial charge in [0.1, 0.15) is 0 Å². The molecule has 0 aromatic carbocycles. The number of nitrogens with two attached hydrogens (primary N) is 2. The first-order chi connectivity index (χ1) is 8.56. The summed E-state index contributed by atoms with van der Waals surface area (Å²) < 4.78 is 0. The lowest BCUT2D eigenvalue weighted by molar-refractivity contribution is -0.125. The third kappa shape index (κ3) is 2.25. The molecule has 1 aliphatic rings. The standard InChI is InChI=1S/C14H21N3O/c1-10(15)11-2-6-14(7-3-11,13(16)18)12-4-8-17-9-5-12/h4-5,8-11H,2-3,6-7,15H2,1H3,(H2,16,18). The van der Waals surface area contributed by atoms with E-state index in [4.69, 9.17) is 11.5 Å². The predicted octanol–water partition coefficient (Wildman–Crippen LogP) is 1.34. The highest BCUT2D eigenvalue weighted by Gasteiger charge is 2.42. The molecule has 1 atom stereocenters. The molecular formula is C14H21N3O. The van der Waals surface area contributed by atoms with E-state index in [0.717, 1.165) is 31.2 Å². The smallest absolute Gasteiger partial charge is 0.228 e. The van der Waals surface area contributed by atoms with Gasteiger partial charge in [0.2, 0.25) is 5.91 Å². The minimum atomic E-state index is -0.520. The third-order valence-electron chi connectivity index (χ3n) is 4.33. The summed E-state index contributed by atoms with van der Waals surface area (Å²) in [4.78, 5) is 15.9. The molecule has 4 nitrogen and oxygen atoms in total. The second-order valence-corrected chi connectivity index (χ2v) is 5.38. The number of carbonyl (C=O) groups is 1. The first-order valence-electron chi connectivity index (χ1n) is 6.52. The zero-order chi connectivity index (χ0) is 13.2. The quantitative estimate of drug-likeness (QED) is 0.845. The van der Waals surface area contributed by atoms with Crippen LogP contribution in [-0.2, 0) is 10.2 Å². The Labute approximate surface area is 108 Å². The molecule has 0 aliphatic heterocycles. The van der Waals surface area contributed by atoms with Gasteiger partial charge in [0, 0.05) is 18.4 Å². The first-order valence-corrected chi connectivity index (χ1v) is 6.52. The number of rotatable bonds is 3. The van der Waals surface area contributed by atoms with Gasteiger partial charge >= 0.3 is 0 Å². The molecule has 1 aliphatic carbocycles. The first kappa shape index (κ1) is 13.0.